The SMILES string of the molecule is Cc1cccc(OC(C)CNC(=O)CCCCCCN)c1. The summed E-state index contributed by atoms with van der Waals surface area (Å²) in [6.45, 7) is 5.27. The molecule has 1 aromatic carbocycles. The summed E-state index contributed by atoms with van der Waals surface area (Å²) in [5, 5.41) is 2.92. The largest absolute Gasteiger partial charge is 0.489 e. The van der Waals surface area contributed by atoms with Crippen LogP contribution < -0.4 is 15.8 Å². The molecule has 118 valence electrons. The van der Waals surface area contributed by atoms with Crippen LogP contribution in [0.3, 0.4) is 0 Å². The number of hydrogen-bond acceptors (Lipinski definition) is 3. The van der Waals surface area contributed by atoms with Crippen molar-refractivity contribution in [3.8, 4) is 5.75 Å². The van der Waals surface area contributed by atoms with Gasteiger partial charge in [0.1, 0.15) is 11.9 Å². The molecule has 0 bridgehead atoms. The van der Waals surface area contributed by atoms with Crippen LogP contribution in [0.4, 0.5) is 0 Å². The molecule has 0 aliphatic heterocycles. The van der Waals surface area contributed by atoms with Gasteiger partial charge >= 0.3 is 0 Å². The molecule has 4 nitrogen and oxygen atoms in total. The fraction of sp³-hybridized carbons (Fsp3) is 0.588. The summed E-state index contributed by atoms with van der Waals surface area (Å²) in [7, 11) is 0. The number of benzene rings is 1. The second-order valence-electron chi connectivity index (χ2n) is 5.50. The minimum atomic E-state index is -0.0343. The molecule has 0 aliphatic carbocycles. The molecule has 3 N–H and O–H groups in total. The molecule has 0 aromatic heterocycles. The number of aryl methyl sites for hydroxylation is 1. The monoisotopic (exact) mass is 292 g/mol. The Morgan fingerprint density at radius 3 is 2.76 bits per heavy atom. The van der Waals surface area contributed by atoms with Crippen LogP contribution >= 0.6 is 0 Å². The first kappa shape index (κ1) is 17.5. The number of nitrogens with one attached hydrogen (secondary N) is 1. The van der Waals surface area contributed by atoms with Crippen molar-refractivity contribution in [1.29, 1.82) is 0 Å². The van der Waals surface area contributed by atoms with E-state index in [9.17, 15) is 4.79 Å². The molecular formula is C17H28N2O2. The maximum atomic E-state index is 11.7. The number of carbonyl (C=O) groups excluding carboxylic acids is 1. The lowest BCUT2D eigenvalue weighted by molar-refractivity contribution is -0.121. The molecule has 1 atom stereocenters. The van der Waals surface area contributed by atoms with Gasteiger partial charge in [0.25, 0.3) is 0 Å². The molecule has 0 saturated heterocycles. The zero-order valence-corrected chi connectivity index (χ0v) is 13.2. The molecule has 1 amide bonds. The van der Waals surface area contributed by atoms with Crippen molar-refractivity contribution in [2.45, 2.75) is 52.1 Å². The van der Waals surface area contributed by atoms with Crippen LogP contribution in [0, 0.1) is 6.92 Å². The summed E-state index contributed by atoms with van der Waals surface area (Å²) in [4.78, 5) is 11.7. The number of amides is 1. The Morgan fingerprint density at radius 2 is 2.05 bits per heavy atom. The maximum absolute atomic E-state index is 11.7. The van der Waals surface area contributed by atoms with Gasteiger partial charge in [0.2, 0.25) is 5.91 Å². The molecule has 0 heterocycles. The number of rotatable bonds is 10. The molecule has 0 radical (unpaired) electrons. The molecule has 1 unspecified atom stereocenters. The van der Waals surface area contributed by atoms with Crippen molar-refractivity contribution in [2.75, 3.05) is 13.1 Å². The van der Waals surface area contributed by atoms with Crippen LogP contribution in [0.1, 0.15) is 44.6 Å². The standard InChI is InChI=1S/C17H28N2O2/c1-14-8-7-9-16(12-14)21-15(2)13-19-17(20)10-5-3-4-6-11-18/h7-9,12,15H,3-6,10-11,13,18H2,1-2H3,(H,19,20). The van der Waals surface area contributed by atoms with Crippen molar-refractivity contribution in [2.24, 2.45) is 5.73 Å². The summed E-state index contributed by atoms with van der Waals surface area (Å²) in [5.74, 6) is 0.945. The maximum Gasteiger partial charge on any atom is 0.220 e. The quantitative estimate of drug-likeness (QED) is 0.652. The first-order valence-corrected chi connectivity index (χ1v) is 7.82. The second-order valence-corrected chi connectivity index (χ2v) is 5.50. The van der Waals surface area contributed by atoms with Crippen molar-refractivity contribution in [3.05, 3.63) is 29.8 Å². The zero-order valence-electron chi connectivity index (χ0n) is 13.2. The van der Waals surface area contributed by atoms with Crippen molar-refractivity contribution in [3.63, 3.8) is 0 Å². The molecule has 0 saturated carbocycles. The lowest BCUT2D eigenvalue weighted by Gasteiger charge is -2.15. The van der Waals surface area contributed by atoms with Crippen molar-refractivity contribution >= 4 is 5.91 Å². The third-order valence-corrected chi connectivity index (χ3v) is 3.27. The Kier molecular flexibility index (Phi) is 8.51. The minimum absolute atomic E-state index is 0.0343. The number of ether oxygens (including phenoxy) is 1. The number of unbranched alkanes of at least 4 members (excludes halogenated alkanes) is 3. The van der Waals surface area contributed by atoms with Crippen LogP contribution in [0.5, 0.6) is 5.75 Å². The predicted molar refractivity (Wildman–Crippen MR) is 86.4 cm³/mol. The van der Waals surface area contributed by atoms with Gasteiger partial charge in [-0.2, -0.15) is 0 Å². The normalized spacial score (nSPS) is 12.0. The number of carbonyl (C=O) groups is 1. The zero-order chi connectivity index (χ0) is 15.5. The van der Waals surface area contributed by atoms with Crippen LogP contribution in [0.25, 0.3) is 0 Å². The predicted octanol–water partition coefficient (Wildman–Crippen LogP) is 2.79. The highest BCUT2D eigenvalue weighted by atomic mass is 16.5. The van der Waals surface area contributed by atoms with E-state index in [1.807, 2.05) is 38.1 Å². The van der Waals surface area contributed by atoms with E-state index in [1.165, 1.54) is 5.56 Å². The van der Waals surface area contributed by atoms with Gasteiger partial charge in [-0.25, -0.2) is 0 Å². The van der Waals surface area contributed by atoms with Crippen molar-refractivity contribution in [1.82, 2.24) is 5.32 Å². The average Bonchev–Trinajstić information content (AvgIpc) is 2.45. The van der Waals surface area contributed by atoms with Gasteiger partial charge < -0.3 is 15.8 Å². The summed E-state index contributed by atoms with van der Waals surface area (Å²) < 4.78 is 5.77. The fourth-order valence-electron chi connectivity index (χ4n) is 2.09. The smallest absolute Gasteiger partial charge is 0.220 e. The van der Waals surface area contributed by atoms with E-state index in [2.05, 4.69) is 5.32 Å². The Bertz CT molecular complexity index is 421. The first-order valence-electron chi connectivity index (χ1n) is 7.82. The topological polar surface area (TPSA) is 64.3 Å². The van der Waals surface area contributed by atoms with Gasteiger partial charge in [0.05, 0.1) is 6.54 Å². The molecular weight excluding hydrogens is 264 g/mol. The highest BCUT2D eigenvalue weighted by molar-refractivity contribution is 5.75. The lowest BCUT2D eigenvalue weighted by atomic mass is 10.1. The Labute approximate surface area is 128 Å². The second kappa shape index (κ2) is 10.2. The molecule has 4 heteroatoms. The first-order chi connectivity index (χ1) is 10.1. The third-order valence-electron chi connectivity index (χ3n) is 3.27. The highest BCUT2D eigenvalue weighted by Crippen LogP contribution is 2.13. The van der Waals surface area contributed by atoms with Gasteiger partial charge in [0.15, 0.2) is 0 Å². The molecule has 0 spiro atoms. The van der Waals surface area contributed by atoms with E-state index in [-0.39, 0.29) is 12.0 Å². The van der Waals surface area contributed by atoms with E-state index in [1.54, 1.807) is 0 Å². The molecule has 1 rings (SSSR count). The van der Waals surface area contributed by atoms with E-state index in [0.717, 1.165) is 38.0 Å². The minimum Gasteiger partial charge on any atom is -0.489 e. The van der Waals surface area contributed by atoms with Gasteiger partial charge in [-0.3, -0.25) is 4.79 Å². The van der Waals surface area contributed by atoms with E-state index < -0.39 is 0 Å². The van der Waals surface area contributed by atoms with Crippen molar-refractivity contribution < 1.29 is 9.53 Å². The molecule has 0 fully saturated rings. The van der Waals surface area contributed by atoms with Gasteiger partial charge in [-0.1, -0.05) is 25.0 Å². The van der Waals surface area contributed by atoms with E-state index in [0.29, 0.717) is 13.0 Å². The average molecular weight is 292 g/mol. The van der Waals surface area contributed by atoms with E-state index in [4.69, 9.17) is 10.5 Å². The lowest BCUT2D eigenvalue weighted by Crippen LogP contribution is -2.33. The fourth-order valence-corrected chi connectivity index (χ4v) is 2.09. The van der Waals surface area contributed by atoms with Crippen LogP contribution in [-0.4, -0.2) is 25.1 Å². The summed E-state index contributed by atoms with van der Waals surface area (Å²) in [6, 6.07) is 7.93. The highest BCUT2D eigenvalue weighted by Gasteiger charge is 2.07. The number of hydrogen-bond donors (Lipinski definition) is 2. The Balaban J connectivity index is 2.14. The van der Waals surface area contributed by atoms with E-state index >= 15 is 0 Å². The van der Waals surface area contributed by atoms with Crippen LogP contribution in [0.2, 0.25) is 0 Å². The van der Waals surface area contributed by atoms with Crippen LogP contribution in [-0.2, 0) is 4.79 Å². The van der Waals surface area contributed by atoms with Gasteiger partial charge in [0, 0.05) is 6.42 Å². The van der Waals surface area contributed by atoms with Gasteiger partial charge in [-0.05, 0) is 50.9 Å². The molecule has 1 aromatic rings. The Hall–Kier alpha value is -1.55. The summed E-state index contributed by atoms with van der Waals surface area (Å²) in [5.41, 5.74) is 6.60. The molecule has 21 heavy (non-hydrogen) atoms. The summed E-state index contributed by atoms with van der Waals surface area (Å²) in [6.07, 6.45) is 4.70. The van der Waals surface area contributed by atoms with Crippen LogP contribution in [0.15, 0.2) is 24.3 Å². The van der Waals surface area contributed by atoms with Gasteiger partial charge in [-0.15, -0.1) is 0 Å². The summed E-state index contributed by atoms with van der Waals surface area (Å²) >= 11 is 0. The molecule has 0 aliphatic rings. The number of nitrogens with two attached hydrogens (primary N) is 1. The third kappa shape index (κ3) is 8.35. The Morgan fingerprint density at radius 1 is 1.29 bits per heavy atom.